The van der Waals surface area contributed by atoms with Crippen LogP contribution in [-0.2, 0) is 19.6 Å². The first-order chi connectivity index (χ1) is 9.90. The van der Waals surface area contributed by atoms with Crippen molar-refractivity contribution in [3.05, 3.63) is 24.3 Å². The van der Waals surface area contributed by atoms with Gasteiger partial charge in [0.1, 0.15) is 0 Å². The largest absolute Gasteiger partial charge is 0.469 e. The van der Waals surface area contributed by atoms with Gasteiger partial charge >= 0.3 is 5.97 Å². The Bertz CT molecular complexity index is 572. The number of hydrogen-bond acceptors (Lipinski definition) is 5. The summed E-state index contributed by atoms with van der Waals surface area (Å²) in [6.45, 7) is 4.17. The topological polar surface area (TPSA) is 72.5 Å². The van der Waals surface area contributed by atoms with E-state index in [4.69, 9.17) is 0 Å². The van der Waals surface area contributed by atoms with Gasteiger partial charge in [0.05, 0.1) is 18.4 Å². The van der Waals surface area contributed by atoms with Crippen LogP contribution < -0.4 is 4.72 Å². The van der Waals surface area contributed by atoms with Crippen molar-refractivity contribution < 1.29 is 17.9 Å². The van der Waals surface area contributed by atoms with Crippen LogP contribution in [0.2, 0.25) is 0 Å². The third kappa shape index (κ3) is 5.68. The van der Waals surface area contributed by atoms with E-state index < -0.39 is 10.0 Å². The van der Waals surface area contributed by atoms with Gasteiger partial charge in [-0.2, -0.15) is 0 Å². The highest BCUT2D eigenvalue weighted by Gasteiger charge is 2.20. The molecule has 5 nitrogen and oxygen atoms in total. The van der Waals surface area contributed by atoms with Gasteiger partial charge in [-0.3, -0.25) is 4.79 Å². The van der Waals surface area contributed by atoms with Gasteiger partial charge in [0.2, 0.25) is 10.0 Å². The number of thioether (sulfide) groups is 1. The fraction of sp³-hybridized carbons (Fsp3) is 0.500. The second kappa shape index (κ2) is 8.41. The number of ether oxygens (including phenoxy) is 1. The number of esters is 1. The third-order valence-corrected chi connectivity index (χ3v) is 5.52. The highest BCUT2D eigenvalue weighted by molar-refractivity contribution is 8.00. The molecule has 118 valence electrons. The second-order valence-corrected chi connectivity index (χ2v) is 7.77. The normalized spacial score (nSPS) is 12.9. The standard InChI is InChI=1S/C14H21NO4S2/c1-4-9-15-21(17,18)13-8-6-5-7-12(13)20-11(2)10-14(16)19-3/h5-8,11,15H,4,9-10H2,1-3H3. The van der Waals surface area contributed by atoms with E-state index in [0.717, 1.165) is 6.42 Å². The molecule has 0 fully saturated rings. The first kappa shape index (κ1) is 18.0. The van der Waals surface area contributed by atoms with Gasteiger partial charge in [-0.15, -0.1) is 11.8 Å². The Hall–Kier alpha value is -1.05. The molecular formula is C14H21NO4S2. The fourth-order valence-electron chi connectivity index (χ4n) is 1.66. The van der Waals surface area contributed by atoms with Crippen molar-refractivity contribution in [1.82, 2.24) is 4.72 Å². The van der Waals surface area contributed by atoms with Crippen molar-refractivity contribution >= 4 is 27.8 Å². The summed E-state index contributed by atoms with van der Waals surface area (Å²) in [6, 6.07) is 6.80. The van der Waals surface area contributed by atoms with Crippen LogP contribution in [0.5, 0.6) is 0 Å². The van der Waals surface area contributed by atoms with Crippen LogP contribution in [0.4, 0.5) is 0 Å². The van der Waals surface area contributed by atoms with E-state index in [1.807, 2.05) is 13.8 Å². The number of carbonyl (C=O) groups is 1. The molecule has 0 saturated heterocycles. The molecule has 7 heteroatoms. The fourth-order valence-corrected chi connectivity index (χ4v) is 4.35. The lowest BCUT2D eigenvalue weighted by Crippen LogP contribution is -2.25. The summed E-state index contributed by atoms with van der Waals surface area (Å²) in [5.74, 6) is -0.306. The Morgan fingerprint density at radius 1 is 1.38 bits per heavy atom. The number of methoxy groups -OCH3 is 1. The summed E-state index contributed by atoms with van der Waals surface area (Å²) in [5, 5.41) is -0.0695. The van der Waals surface area contributed by atoms with Gasteiger partial charge in [0.25, 0.3) is 0 Å². The van der Waals surface area contributed by atoms with E-state index in [1.165, 1.54) is 18.9 Å². The molecule has 0 bridgehead atoms. The zero-order valence-electron chi connectivity index (χ0n) is 12.5. The number of rotatable bonds is 8. The molecule has 1 aromatic carbocycles. The molecule has 1 N–H and O–H groups in total. The summed E-state index contributed by atoms with van der Waals surface area (Å²) in [4.78, 5) is 12.2. The van der Waals surface area contributed by atoms with Crippen LogP contribution in [-0.4, -0.2) is 33.3 Å². The summed E-state index contributed by atoms with van der Waals surface area (Å²) in [5.41, 5.74) is 0. The van der Waals surface area contributed by atoms with Crippen molar-refractivity contribution in [2.75, 3.05) is 13.7 Å². The summed E-state index contributed by atoms with van der Waals surface area (Å²) in [6.07, 6.45) is 0.964. The highest BCUT2D eigenvalue weighted by Crippen LogP contribution is 2.31. The van der Waals surface area contributed by atoms with Crippen molar-refractivity contribution in [1.29, 1.82) is 0 Å². The van der Waals surface area contributed by atoms with Gasteiger partial charge in [0, 0.05) is 16.7 Å². The molecule has 0 amide bonds. The van der Waals surface area contributed by atoms with Gasteiger partial charge < -0.3 is 4.74 Å². The van der Waals surface area contributed by atoms with Crippen LogP contribution in [0.3, 0.4) is 0 Å². The summed E-state index contributed by atoms with van der Waals surface area (Å²) in [7, 11) is -2.18. The molecule has 0 heterocycles. The van der Waals surface area contributed by atoms with Gasteiger partial charge in [-0.05, 0) is 18.6 Å². The summed E-state index contributed by atoms with van der Waals surface area (Å²) >= 11 is 1.35. The number of sulfonamides is 1. The van der Waals surface area contributed by atoms with Gasteiger partial charge in [-0.1, -0.05) is 26.0 Å². The molecule has 0 aliphatic carbocycles. The van der Waals surface area contributed by atoms with E-state index in [2.05, 4.69) is 9.46 Å². The minimum Gasteiger partial charge on any atom is -0.469 e. The lowest BCUT2D eigenvalue weighted by atomic mass is 10.3. The smallest absolute Gasteiger partial charge is 0.306 e. The average molecular weight is 331 g/mol. The first-order valence-corrected chi connectivity index (χ1v) is 9.09. The Morgan fingerprint density at radius 2 is 2.05 bits per heavy atom. The maximum absolute atomic E-state index is 12.3. The number of carbonyl (C=O) groups excluding carboxylic acids is 1. The molecule has 21 heavy (non-hydrogen) atoms. The zero-order valence-corrected chi connectivity index (χ0v) is 14.1. The average Bonchev–Trinajstić information content (AvgIpc) is 2.45. The highest BCUT2D eigenvalue weighted by atomic mass is 32.2. The predicted molar refractivity (Wildman–Crippen MR) is 83.9 cm³/mol. The van der Waals surface area contributed by atoms with Crippen molar-refractivity contribution in [3.8, 4) is 0 Å². The maximum Gasteiger partial charge on any atom is 0.306 e. The molecule has 1 rings (SSSR count). The first-order valence-electron chi connectivity index (χ1n) is 6.73. The maximum atomic E-state index is 12.3. The zero-order chi connectivity index (χ0) is 15.9. The molecule has 0 spiro atoms. The number of hydrogen-bond donors (Lipinski definition) is 1. The van der Waals surface area contributed by atoms with Crippen molar-refractivity contribution in [3.63, 3.8) is 0 Å². The van der Waals surface area contributed by atoms with Crippen LogP contribution in [0.15, 0.2) is 34.1 Å². The van der Waals surface area contributed by atoms with E-state index in [9.17, 15) is 13.2 Å². The minimum atomic E-state index is -3.52. The van der Waals surface area contributed by atoms with Gasteiger partial charge in [0.15, 0.2) is 0 Å². The van der Waals surface area contributed by atoms with Crippen molar-refractivity contribution in [2.24, 2.45) is 0 Å². The van der Waals surface area contributed by atoms with E-state index in [1.54, 1.807) is 24.3 Å². The van der Waals surface area contributed by atoms with E-state index in [0.29, 0.717) is 11.4 Å². The van der Waals surface area contributed by atoms with Crippen LogP contribution in [0.1, 0.15) is 26.7 Å². The second-order valence-electron chi connectivity index (χ2n) is 4.55. The molecule has 1 unspecified atom stereocenters. The Balaban J connectivity index is 2.92. The van der Waals surface area contributed by atoms with Crippen LogP contribution >= 0.6 is 11.8 Å². The number of benzene rings is 1. The molecule has 0 aliphatic rings. The molecule has 0 saturated carbocycles. The molecule has 0 radical (unpaired) electrons. The van der Waals surface area contributed by atoms with Gasteiger partial charge in [-0.25, -0.2) is 13.1 Å². The molecule has 0 aliphatic heterocycles. The minimum absolute atomic E-state index is 0.0695. The Morgan fingerprint density at radius 3 is 2.67 bits per heavy atom. The van der Waals surface area contributed by atoms with E-state index >= 15 is 0 Å². The predicted octanol–water partition coefficient (Wildman–Crippen LogP) is 2.42. The van der Waals surface area contributed by atoms with E-state index in [-0.39, 0.29) is 22.5 Å². The van der Waals surface area contributed by atoms with Crippen LogP contribution in [0.25, 0.3) is 0 Å². The Labute approximate surface area is 130 Å². The number of nitrogens with one attached hydrogen (secondary N) is 1. The molecule has 1 aromatic rings. The lowest BCUT2D eigenvalue weighted by Gasteiger charge is -2.14. The Kier molecular flexibility index (Phi) is 7.21. The lowest BCUT2D eigenvalue weighted by molar-refractivity contribution is -0.140. The molecule has 0 aromatic heterocycles. The summed E-state index contributed by atoms with van der Waals surface area (Å²) < 4.78 is 31.7. The van der Waals surface area contributed by atoms with Crippen molar-refractivity contribution in [2.45, 2.75) is 41.7 Å². The quantitative estimate of drug-likeness (QED) is 0.585. The van der Waals surface area contributed by atoms with Crippen LogP contribution in [0, 0.1) is 0 Å². The molecular weight excluding hydrogens is 310 g/mol. The third-order valence-electron chi connectivity index (χ3n) is 2.69. The monoisotopic (exact) mass is 331 g/mol. The molecule has 1 atom stereocenters. The SMILES string of the molecule is CCCNS(=O)(=O)c1ccccc1SC(C)CC(=O)OC.